The molecule has 0 atom stereocenters. The number of benzene rings is 1. The van der Waals surface area contributed by atoms with E-state index in [1.54, 1.807) is 17.6 Å². The number of hydrogen-bond acceptors (Lipinski definition) is 6. The van der Waals surface area contributed by atoms with Crippen LogP contribution in [0.15, 0.2) is 47.6 Å². The van der Waals surface area contributed by atoms with Gasteiger partial charge in [0.15, 0.2) is 0 Å². The monoisotopic (exact) mass is 326 g/mol. The molecule has 0 spiro atoms. The molecule has 0 saturated carbocycles. The number of nitrogens with one attached hydrogen (secondary N) is 1. The van der Waals surface area contributed by atoms with Gasteiger partial charge in [-0.3, -0.25) is 4.79 Å². The Balaban J connectivity index is 1.56. The van der Waals surface area contributed by atoms with Gasteiger partial charge in [0, 0.05) is 15.3 Å². The second kappa shape index (κ2) is 6.93. The van der Waals surface area contributed by atoms with Crippen LogP contribution in [0.1, 0.15) is 9.75 Å². The highest BCUT2D eigenvalue weighted by atomic mass is 32.1. The summed E-state index contributed by atoms with van der Waals surface area (Å²) in [6, 6.07) is 13.4. The molecule has 1 amide bonds. The Kier molecular flexibility index (Phi) is 4.53. The lowest BCUT2D eigenvalue weighted by Gasteiger charge is -1.97. The summed E-state index contributed by atoms with van der Waals surface area (Å²) < 4.78 is 0. The third kappa shape index (κ3) is 4.07. The summed E-state index contributed by atoms with van der Waals surface area (Å²) in [5.74, 6) is 0.169. The zero-order valence-electron chi connectivity index (χ0n) is 12.4. The summed E-state index contributed by atoms with van der Waals surface area (Å²) in [6.45, 7) is 1.97. The number of nitrogens with zero attached hydrogens (tertiary/aromatic N) is 5. The van der Waals surface area contributed by atoms with Crippen molar-refractivity contribution < 1.29 is 4.79 Å². The van der Waals surface area contributed by atoms with Gasteiger partial charge in [0.1, 0.15) is 6.54 Å². The van der Waals surface area contributed by atoms with Crippen molar-refractivity contribution in [2.45, 2.75) is 13.5 Å². The Morgan fingerprint density at radius 2 is 2.13 bits per heavy atom. The highest BCUT2D eigenvalue weighted by Crippen LogP contribution is 2.12. The van der Waals surface area contributed by atoms with Crippen molar-refractivity contribution in [2.75, 3.05) is 0 Å². The molecule has 7 nitrogen and oxygen atoms in total. The van der Waals surface area contributed by atoms with Gasteiger partial charge in [0.25, 0.3) is 5.91 Å². The van der Waals surface area contributed by atoms with Crippen LogP contribution in [0.4, 0.5) is 0 Å². The lowest BCUT2D eigenvalue weighted by molar-refractivity contribution is -0.122. The number of amides is 1. The average Bonchev–Trinajstić information content (AvgIpc) is 3.17. The molecule has 3 rings (SSSR count). The molecule has 0 saturated heterocycles. The van der Waals surface area contributed by atoms with Gasteiger partial charge in [-0.2, -0.15) is 9.90 Å². The van der Waals surface area contributed by atoms with Gasteiger partial charge >= 0.3 is 0 Å². The van der Waals surface area contributed by atoms with E-state index in [9.17, 15) is 4.79 Å². The Labute approximate surface area is 136 Å². The Hall–Kier alpha value is -2.87. The summed E-state index contributed by atoms with van der Waals surface area (Å²) in [6.07, 6.45) is 1.61. The molecule has 3 aromatic rings. The molecule has 0 radical (unpaired) electrons. The smallest absolute Gasteiger partial charge is 0.263 e. The van der Waals surface area contributed by atoms with E-state index < -0.39 is 0 Å². The predicted octanol–water partition coefficient (Wildman–Crippen LogP) is 1.86. The van der Waals surface area contributed by atoms with E-state index in [1.807, 2.05) is 49.4 Å². The molecule has 8 heteroatoms. The lowest BCUT2D eigenvalue weighted by Crippen LogP contribution is -2.24. The van der Waals surface area contributed by atoms with Gasteiger partial charge in [-0.05, 0) is 24.3 Å². The van der Waals surface area contributed by atoms with Crippen LogP contribution in [0, 0.1) is 6.92 Å². The van der Waals surface area contributed by atoms with Gasteiger partial charge in [-0.25, -0.2) is 5.43 Å². The molecular weight excluding hydrogens is 312 g/mol. The summed E-state index contributed by atoms with van der Waals surface area (Å²) in [5, 5.41) is 15.9. The van der Waals surface area contributed by atoms with Crippen LogP contribution in [-0.4, -0.2) is 32.3 Å². The highest BCUT2D eigenvalue weighted by molar-refractivity contribution is 7.13. The first-order valence-electron chi connectivity index (χ1n) is 6.92. The quantitative estimate of drug-likeness (QED) is 0.573. The van der Waals surface area contributed by atoms with E-state index in [0.29, 0.717) is 5.82 Å². The van der Waals surface area contributed by atoms with Gasteiger partial charge < -0.3 is 0 Å². The van der Waals surface area contributed by atoms with Gasteiger partial charge in [0.05, 0.1) is 6.21 Å². The first-order chi connectivity index (χ1) is 11.2. The summed E-state index contributed by atoms with van der Waals surface area (Å²) in [4.78, 5) is 15.2. The first kappa shape index (κ1) is 15.0. The molecule has 2 heterocycles. The number of aromatic nitrogens is 4. The maximum atomic E-state index is 11.8. The van der Waals surface area contributed by atoms with Gasteiger partial charge in [-0.1, -0.05) is 30.3 Å². The van der Waals surface area contributed by atoms with Gasteiger partial charge in [0.2, 0.25) is 5.82 Å². The SMILES string of the molecule is Cc1ccc(/C=N\NC(=O)Cn2nnc(-c3ccccc3)n2)s1. The van der Waals surface area contributed by atoms with Crippen molar-refractivity contribution in [1.29, 1.82) is 0 Å². The molecule has 1 aromatic carbocycles. The number of hydrogen-bond donors (Lipinski definition) is 1. The molecule has 0 fully saturated rings. The molecule has 116 valence electrons. The molecule has 0 aliphatic rings. The molecule has 0 aliphatic heterocycles. The second-order valence-electron chi connectivity index (χ2n) is 4.75. The molecule has 2 aromatic heterocycles. The fourth-order valence-corrected chi connectivity index (χ4v) is 2.62. The lowest BCUT2D eigenvalue weighted by atomic mass is 10.2. The van der Waals surface area contributed by atoms with Crippen LogP contribution in [-0.2, 0) is 11.3 Å². The van der Waals surface area contributed by atoms with Crippen LogP contribution < -0.4 is 5.43 Å². The van der Waals surface area contributed by atoms with Crippen molar-refractivity contribution in [3.8, 4) is 11.4 Å². The first-order valence-corrected chi connectivity index (χ1v) is 7.74. The predicted molar refractivity (Wildman–Crippen MR) is 88.0 cm³/mol. The van der Waals surface area contributed by atoms with E-state index in [4.69, 9.17) is 0 Å². The number of carbonyl (C=O) groups excluding carboxylic acids is 1. The molecule has 0 unspecified atom stereocenters. The minimum Gasteiger partial charge on any atom is -0.271 e. The fourth-order valence-electron chi connectivity index (χ4n) is 1.87. The van der Waals surface area contributed by atoms with Crippen molar-refractivity contribution >= 4 is 23.5 Å². The second-order valence-corrected chi connectivity index (χ2v) is 6.07. The maximum absolute atomic E-state index is 11.8. The van der Waals surface area contributed by atoms with E-state index in [1.165, 1.54) is 9.67 Å². The van der Waals surface area contributed by atoms with E-state index in [2.05, 4.69) is 25.9 Å². The third-order valence-electron chi connectivity index (χ3n) is 2.91. The third-order valence-corrected chi connectivity index (χ3v) is 3.85. The Bertz CT molecular complexity index is 823. The number of carbonyl (C=O) groups is 1. The fraction of sp³-hybridized carbons (Fsp3) is 0.133. The van der Waals surface area contributed by atoms with Gasteiger partial charge in [-0.15, -0.1) is 21.5 Å². The van der Waals surface area contributed by atoms with Crippen LogP contribution in [0.25, 0.3) is 11.4 Å². The number of hydrazone groups is 1. The van der Waals surface area contributed by atoms with Crippen molar-refractivity contribution in [2.24, 2.45) is 5.10 Å². The summed E-state index contributed by atoms with van der Waals surface area (Å²) in [5.41, 5.74) is 3.30. The summed E-state index contributed by atoms with van der Waals surface area (Å²) >= 11 is 1.60. The molecule has 1 N–H and O–H groups in total. The minimum atomic E-state index is -0.313. The largest absolute Gasteiger partial charge is 0.271 e. The molecule has 23 heavy (non-hydrogen) atoms. The zero-order chi connectivity index (χ0) is 16.1. The molecule has 0 bridgehead atoms. The summed E-state index contributed by atoms with van der Waals surface area (Å²) in [7, 11) is 0. The normalized spacial score (nSPS) is 11.0. The minimum absolute atomic E-state index is 0.0410. The van der Waals surface area contributed by atoms with Crippen molar-refractivity contribution in [3.63, 3.8) is 0 Å². The van der Waals surface area contributed by atoms with Crippen LogP contribution in [0.3, 0.4) is 0 Å². The highest BCUT2D eigenvalue weighted by Gasteiger charge is 2.08. The van der Waals surface area contributed by atoms with Crippen LogP contribution >= 0.6 is 11.3 Å². The Morgan fingerprint density at radius 3 is 2.87 bits per heavy atom. The van der Waals surface area contributed by atoms with E-state index in [0.717, 1.165) is 10.4 Å². The van der Waals surface area contributed by atoms with Crippen LogP contribution in [0.2, 0.25) is 0 Å². The Morgan fingerprint density at radius 1 is 1.30 bits per heavy atom. The maximum Gasteiger partial charge on any atom is 0.263 e. The van der Waals surface area contributed by atoms with E-state index in [-0.39, 0.29) is 12.5 Å². The zero-order valence-corrected chi connectivity index (χ0v) is 13.2. The molecular formula is C15H14N6OS. The topological polar surface area (TPSA) is 85.1 Å². The average molecular weight is 326 g/mol. The van der Waals surface area contributed by atoms with E-state index >= 15 is 0 Å². The standard InChI is InChI=1S/C15H14N6OS/c1-11-7-8-13(23-11)9-16-17-14(22)10-21-19-15(18-20-21)12-5-3-2-4-6-12/h2-9H,10H2,1H3,(H,17,22)/b16-9-. The van der Waals surface area contributed by atoms with Crippen molar-refractivity contribution in [3.05, 3.63) is 52.2 Å². The number of tetrazole rings is 1. The molecule has 0 aliphatic carbocycles. The number of thiophene rings is 1. The van der Waals surface area contributed by atoms with Crippen LogP contribution in [0.5, 0.6) is 0 Å². The van der Waals surface area contributed by atoms with Crippen molar-refractivity contribution in [1.82, 2.24) is 25.6 Å². The number of rotatable bonds is 5. The number of aryl methyl sites for hydroxylation is 1.